The van der Waals surface area contributed by atoms with Crippen LogP contribution in [0.2, 0.25) is 0 Å². The number of nitrogens with one attached hydrogen (secondary N) is 2. The van der Waals surface area contributed by atoms with Crippen molar-refractivity contribution in [3.8, 4) is 0 Å². The second-order valence-corrected chi connectivity index (χ2v) is 9.56. The molecule has 4 N–H and O–H groups in total. The molecule has 0 fully saturated rings. The molecule has 1 amide bonds. The number of sulfonamides is 1. The number of aromatic nitrogens is 1. The zero-order valence-corrected chi connectivity index (χ0v) is 17.3. The number of carbonyl (C=O) groups excluding carboxylic acids is 1. The lowest BCUT2D eigenvalue weighted by Gasteiger charge is -2.18. The molecule has 2 unspecified atom stereocenters. The Morgan fingerprint density at radius 1 is 1.21 bits per heavy atom. The first-order valence-corrected chi connectivity index (χ1v) is 11.3. The minimum absolute atomic E-state index is 0.0525. The minimum Gasteiger partial charge on any atom is -0.358 e. The van der Waals surface area contributed by atoms with E-state index in [0.29, 0.717) is 11.5 Å². The Morgan fingerprint density at radius 3 is 2.62 bits per heavy atom. The number of H-pyrrole nitrogens is 1. The van der Waals surface area contributed by atoms with Gasteiger partial charge in [-0.1, -0.05) is 19.1 Å². The molecule has 0 saturated heterocycles. The monoisotopic (exact) mass is 411 g/mol. The van der Waals surface area contributed by atoms with Gasteiger partial charge in [0, 0.05) is 22.2 Å². The van der Waals surface area contributed by atoms with E-state index >= 15 is 0 Å². The fourth-order valence-electron chi connectivity index (χ4n) is 4.04. The Labute approximate surface area is 170 Å². The fourth-order valence-corrected chi connectivity index (χ4v) is 4.56. The maximum atomic E-state index is 12.8. The van der Waals surface area contributed by atoms with Crippen molar-refractivity contribution in [2.75, 3.05) is 0 Å². The van der Waals surface area contributed by atoms with Gasteiger partial charge < -0.3 is 10.3 Å². The van der Waals surface area contributed by atoms with E-state index in [1.165, 1.54) is 29.8 Å². The third kappa shape index (κ3) is 3.93. The van der Waals surface area contributed by atoms with Gasteiger partial charge in [0.25, 0.3) is 5.91 Å². The van der Waals surface area contributed by atoms with E-state index < -0.39 is 10.0 Å². The molecule has 0 radical (unpaired) electrons. The van der Waals surface area contributed by atoms with Crippen molar-refractivity contribution in [2.24, 2.45) is 11.1 Å². The number of rotatable bonds is 4. The van der Waals surface area contributed by atoms with Crippen molar-refractivity contribution < 1.29 is 13.2 Å². The number of aryl methyl sites for hydroxylation is 1. The van der Waals surface area contributed by atoms with E-state index in [9.17, 15) is 13.2 Å². The van der Waals surface area contributed by atoms with Crippen molar-refractivity contribution in [2.45, 2.75) is 44.0 Å². The zero-order chi connectivity index (χ0) is 20.8. The molecule has 0 aliphatic heterocycles. The normalized spacial score (nSPS) is 17.7. The number of nitrogens with two attached hydrogens (primary N) is 1. The quantitative estimate of drug-likeness (QED) is 0.612. The summed E-state index contributed by atoms with van der Waals surface area (Å²) in [4.78, 5) is 16.4. The van der Waals surface area contributed by atoms with Gasteiger partial charge in [0.15, 0.2) is 0 Å². The Morgan fingerprint density at radius 2 is 1.93 bits per heavy atom. The lowest BCUT2D eigenvalue weighted by Crippen LogP contribution is -2.26. The highest BCUT2D eigenvalue weighted by molar-refractivity contribution is 7.89. The van der Waals surface area contributed by atoms with Crippen LogP contribution in [0.5, 0.6) is 0 Å². The van der Waals surface area contributed by atoms with Crippen molar-refractivity contribution in [1.29, 1.82) is 0 Å². The predicted molar refractivity (Wildman–Crippen MR) is 113 cm³/mol. The molecule has 6 nitrogen and oxygen atoms in total. The molecule has 7 heteroatoms. The van der Waals surface area contributed by atoms with Crippen LogP contribution in [0, 0.1) is 5.92 Å². The number of carbonyl (C=O) groups is 1. The maximum Gasteiger partial charge on any atom is 0.251 e. The van der Waals surface area contributed by atoms with Crippen molar-refractivity contribution in [3.05, 3.63) is 64.8 Å². The molecule has 0 spiro atoms. The molecular formula is C22H25N3O3S. The van der Waals surface area contributed by atoms with Crippen LogP contribution < -0.4 is 10.5 Å². The number of benzene rings is 2. The molecule has 0 saturated carbocycles. The maximum absolute atomic E-state index is 12.8. The van der Waals surface area contributed by atoms with Crippen LogP contribution in [-0.2, 0) is 22.9 Å². The Bertz CT molecular complexity index is 1180. The standard InChI is InChI=1S/C22H25N3O3S/c1-13-3-9-20-18(11-13)19-12-16(6-10-21(19)25-20)22(26)24-14(2)15-4-7-17(8-5-15)29(23,27)28/h4-8,10,12-14,25H,3,9,11H2,1-2H3,(H,24,26)(H2,23,27,28). The van der Waals surface area contributed by atoms with Crippen molar-refractivity contribution >= 4 is 26.8 Å². The number of hydrogen-bond acceptors (Lipinski definition) is 3. The van der Waals surface area contributed by atoms with E-state index in [-0.39, 0.29) is 16.8 Å². The van der Waals surface area contributed by atoms with Crippen LogP contribution in [-0.4, -0.2) is 19.3 Å². The highest BCUT2D eigenvalue weighted by Gasteiger charge is 2.21. The largest absolute Gasteiger partial charge is 0.358 e. The van der Waals surface area contributed by atoms with Crippen LogP contribution in [0.15, 0.2) is 47.4 Å². The number of amides is 1. The molecule has 3 aromatic rings. The first-order chi connectivity index (χ1) is 13.7. The Kier molecular flexibility index (Phi) is 4.96. The fraction of sp³-hybridized carbons (Fsp3) is 0.318. The number of hydrogen-bond donors (Lipinski definition) is 3. The van der Waals surface area contributed by atoms with Gasteiger partial charge in [-0.3, -0.25) is 4.79 Å². The van der Waals surface area contributed by atoms with Gasteiger partial charge in [-0.25, -0.2) is 13.6 Å². The van der Waals surface area contributed by atoms with Crippen LogP contribution in [0.25, 0.3) is 10.9 Å². The van der Waals surface area contributed by atoms with Crippen LogP contribution in [0.3, 0.4) is 0 Å². The van der Waals surface area contributed by atoms with Gasteiger partial charge in [0.1, 0.15) is 0 Å². The number of aromatic amines is 1. The average molecular weight is 412 g/mol. The lowest BCUT2D eigenvalue weighted by atomic mass is 9.87. The summed E-state index contributed by atoms with van der Waals surface area (Å²) < 4.78 is 22.8. The Balaban J connectivity index is 1.55. The molecule has 1 heterocycles. The van der Waals surface area contributed by atoms with Gasteiger partial charge in [0.2, 0.25) is 10.0 Å². The highest BCUT2D eigenvalue weighted by Crippen LogP contribution is 2.32. The second-order valence-electron chi connectivity index (χ2n) is 8.00. The van der Waals surface area contributed by atoms with Crippen LogP contribution >= 0.6 is 0 Å². The molecule has 4 rings (SSSR count). The topological polar surface area (TPSA) is 105 Å². The smallest absolute Gasteiger partial charge is 0.251 e. The first kappa shape index (κ1) is 19.7. The van der Waals surface area contributed by atoms with Crippen LogP contribution in [0.4, 0.5) is 0 Å². The van der Waals surface area contributed by atoms with Gasteiger partial charge in [-0.15, -0.1) is 0 Å². The third-order valence-electron chi connectivity index (χ3n) is 5.75. The summed E-state index contributed by atoms with van der Waals surface area (Å²) >= 11 is 0. The first-order valence-electron chi connectivity index (χ1n) is 9.79. The van der Waals surface area contributed by atoms with E-state index in [4.69, 9.17) is 5.14 Å². The number of fused-ring (bicyclic) bond motifs is 3. The summed E-state index contributed by atoms with van der Waals surface area (Å²) in [5, 5.41) is 9.25. The van der Waals surface area contributed by atoms with E-state index in [2.05, 4.69) is 17.2 Å². The second kappa shape index (κ2) is 7.31. The van der Waals surface area contributed by atoms with Gasteiger partial charge in [0.05, 0.1) is 10.9 Å². The van der Waals surface area contributed by atoms with Gasteiger partial charge in [-0.2, -0.15) is 0 Å². The van der Waals surface area contributed by atoms with Crippen molar-refractivity contribution in [1.82, 2.24) is 10.3 Å². The number of primary sulfonamides is 1. The SMILES string of the molecule is CC1CCc2[nH]c3ccc(C(=O)NC(C)c4ccc(S(N)(=O)=O)cc4)cc3c2C1. The average Bonchev–Trinajstić information content (AvgIpc) is 3.04. The minimum atomic E-state index is -3.73. The Hall–Kier alpha value is -2.64. The molecule has 1 aliphatic carbocycles. The zero-order valence-electron chi connectivity index (χ0n) is 16.5. The molecular weight excluding hydrogens is 386 g/mol. The molecule has 1 aliphatic rings. The summed E-state index contributed by atoms with van der Waals surface area (Å²) in [5.74, 6) is 0.494. The molecule has 2 atom stereocenters. The van der Waals surface area contributed by atoms with Crippen molar-refractivity contribution in [3.63, 3.8) is 0 Å². The summed E-state index contributed by atoms with van der Waals surface area (Å²) in [7, 11) is -3.73. The highest BCUT2D eigenvalue weighted by atomic mass is 32.2. The van der Waals surface area contributed by atoms with E-state index in [0.717, 1.165) is 29.3 Å². The lowest BCUT2D eigenvalue weighted by molar-refractivity contribution is 0.0940. The summed E-state index contributed by atoms with van der Waals surface area (Å²) in [6.45, 7) is 4.13. The summed E-state index contributed by atoms with van der Waals surface area (Å²) in [6, 6.07) is 11.7. The van der Waals surface area contributed by atoms with Crippen LogP contribution in [0.1, 0.15) is 53.5 Å². The molecule has 1 aromatic heterocycles. The molecule has 152 valence electrons. The predicted octanol–water partition coefficient (Wildman–Crippen LogP) is 3.43. The molecule has 2 aromatic carbocycles. The molecule has 0 bridgehead atoms. The molecule has 29 heavy (non-hydrogen) atoms. The van der Waals surface area contributed by atoms with Gasteiger partial charge >= 0.3 is 0 Å². The third-order valence-corrected chi connectivity index (χ3v) is 6.68. The summed E-state index contributed by atoms with van der Waals surface area (Å²) in [5.41, 5.74) is 5.12. The van der Waals surface area contributed by atoms with Gasteiger partial charge in [-0.05, 0) is 73.6 Å². The summed E-state index contributed by atoms with van der Waals surface area (Å²) in [6.07, 6.45) is 3.28. The van der Waals surface area contributed by atoms with E-state index in [1.54, 1.807) is 12.1 Å². The van der Waals surface area contributed by atoms with E-state index in [1.807, 2.05) is 25.1 Å².